The van der Waals surface area contributed by atoms with Gasteiger partial charge in [0.25, 0.3) is 15.9 Å². The average molecular weight is 490 g/mol. The Kier molecular flexibility index (Phi) is 6.68. The maximum atomic E-state index is 13.2. The van der Waals surface area contributed by atoms with Crippen molar-refractivity contribution in [2.75, 3.05) is 16.2 Å². The highest BCUT2D eigenvalue weighted by atomic mass is 32.2. The zero-order valence-corrected chi connectivity index (χ0v) is 20.4. The number of amides is 1. The minimum absolute atomic E-state index is 0.240. The van der Waals surface area contributed by atoms with Crippen LogP contribution in [0.3, 0.4) is 0 Å². The number of hydrogen-bond acceptors (Lipinski definition) is 5. The van der Waals surface area contributed by atoms with Crippen molar-refractivity contribution in [2.24, 2.45) is 0 Å². The summed E-state index contributed by atoms with van der Waals surface area (Å²) in [5.74, 6) is -0.240. The van der Waals surface area contributed by atoms with Gasteiger partial charge >= 0.3 is 0 Å². The van der Waals surface area contributed by atoms with Crippen LogP contribution < -0.4 is 9.62 Å². The Balaban J connectivity index is 1.59. The van der Waals surface area contributed by atoms with Gasteiger partial charge in [-0.05, 0) is 73.3 Å². The molecule has 3 aromatic carbocycles. The van der Waals surface area contributed by atoms with Crippen molar-refractivity contribution in [3.63, 3.8) is 0 Å². The van der Waals surface area contributed by atoms with Gasteiger partial charge in [0.05, 0.1) is 28.0 Å². The zero-order chi connectivity index (χ0) is 24.3. The predicted molar refractivity (Wildman–Crippen MR) is 137 cm³/mol. The predicted octanol–water partition coefficient (Wildman–Crippen LogP) is 5.74. The molecule has 0 saturated carbocycles. The van der Waals surface area contributed by atoms with Gasteiger partial charge in [-0.3, -0.25) is 9.10 Å². The number of benzene rings is 3. The van der Waals surface area contributed by atoms with E-state index < -0.39 is 10.0 Å². The number of nitrogens with zero attached hydrogens (tertiary/aromatic N) is 2. The molecular formula is C26H23N3O3S2. The Morgan fingerprint density at radius 2 is 1.74 bits per heavy atom. The number of thiophene rings is 1. The van der Waals surface area contributed by atoms with Gasteiger partial charge < -0.3 is 5.32 Å². The number of carbonyl (C=O) groups is 1. The van der Waals surface area contributed by atoms with Crippen LogP contribution in [-0.2, 0) is 16.4 Å². The highest BCUT2D eigenvalue weighted by Gasteiger charge is 2.24. The Labute approximate surface area is 203 Å². The van der Waals surface area contributed by atoms with Crippen LogP contribution >= 0.6 is 11.3 Å². The molecule has 0 radical (unpaired) electrons. The van der Waals surface area contributed by atoms with Crippen LogP contribution in [0.5, 0.6) is 0 Å². The van der Waals surface area contributed by atoms with Crippen LogP contribution in [0.2, 0.25) is 0 Å². The van der Waals surface area contributed by atoms with Gasteiger partial charge in [0.1, 0.15) is 0 Å². The molecule has 34 heavy (non-hydrogen) atoms. The highest BCUT2D eigenvalue weighted by Crippen LogP contribution is 2.32. The Morgan fingerprint density at radius 1 is 1.03 bits per heavy atom. The number of carbonyl (C=O) groups excluding carboxylic acids is 1. The van der Waals surface area contributed by atoms with E-state index in [2.05, 4.69) is 11.4 Å². The fourth-order valence-electron chi connectivity index (χ4n) is 3.62. The summed E-state index contributed by atoms with van der Waals surface area (Å²) >= 11 is 1.35. The maximum Gasteiger partial charge on any atom is 0.265 e. The lowest BCUT2D eigenvalue weighted by Crippen LogP contribution is -2.30. The molecule has 0 aliphatic rings. The first-order valence-electron chi connectivity index (χ1n) is 10.7. The van der Waals surface area contributed by atoms with E-state index in [9.17, 15) is 13.2 Å². The molecule has 0 aliphatic heterocycles. The van der Waals surface area contributed by atoms with Gasteiger partial charge in [0.15, 0.2) is 0 Å². The zero-order valence-electron chi connectivity index (χ0n) is 18.8. The van der Waals surface area contributed by atoms with Crippen LogP contribution in [0.1, 0.15) is 27.7 Å². The van der Waals surface area contributed by atoms with Crippen molar-refractivity contribution in [3.8, 4) is 6.07 Å². The Bertz CT molecular complexity index is 1480. The number of sulfonamides is 1. The molecule has 0 fully saturated rings. The van der Waals surface area contributed by atoms with E-state index in [1.165, 1.54) is 15.6 Å². The first kappa shape index (κ1) is 23.5. The largest absolute Gasteiger partial charge is 0.321 e. The molecular weight excluding hydrogens is 466 g/mol. The number of fused-ring (bicyclic) bond motifs is 1. The lowest BCUT2D eigenvalue weighted by atomic mass is 10.1. The van der Waals surface area contributed by atoms with Crippen molar-refractivity contribution in [2.45, 2.75) is 25.2 Å². The summed E-state index contributed by atoms with van der Waals surface area (Å²) in [6.07, 6.45) is 0.321. The van der Waals surface area contributed by atoms with E-state index >= 15 is 0 Å². The molecule has 1 heterocycles. The molecule has 1 N–H and O–H groups in total. The van der Waals surface area contributed by atoms with Crippen LogP contribution in [0.25, 0.3) is 10.1 Å². The molecule has 1 aromatic heterocycles. The summed E-state index contributed by atoms with van der Waals surface area (Å²) in [4.78, 5) is 13.5. The second-order valence-corrected chi connectivity index (χ2v) is 10.7. The molecule has 0 saturated heterocycles. The van der Waals surface area contributed by atoms with Gasteiger partial charge in [-0.1, -0.05) is 29.8 Å². The minimum Gasteiger partial charge on any atom is -0.321 e. The van der Waals surface area contributed by atoms with Crippen molar-refractivity contribution < 1.29 is 13.2 Å². The molecule has 172 valence electrons. The summed E-state index contributed by atoms with van der Waals surface area (Å²) in [6, 6.07) is 23.2. The molecule has 0 unspecified atom stereocenters. The van der Waals surface area contributed by atoms with E-state index in [-0.39, 0.29) is 17.3 Å². The molecule has 4 aromatic rings. The number of anilines is 2. The first-order chi connectivity index (χ1) is 16.3. The summed E-state index contributed by atoms with van der Waals surface area (Å²) in [6.45, 7) is 3.99. The summed E-state index contributed by atoms with van der Waals surface area (Å²) in [5, 5.41) is 12.4. The highest BCUT2D eigenvalue weighted by molar-refractivity contribution is 7.92. The number of rotatable bonds is 7. The molecule has 0 spiro atoms. The van der Waals surface area contributed by atoms with Crippen molar-refractivity contribution in [3.05, 3.63) is 88.8 Å². The fraction of sp³-hybridized carbons (Fsp3) is 0.154. The molecule has 8 heteroatoms. The molecule has 6 nitrogen and oxygen atoms in total. The second-order valence-electron chi connectivity index (χ2n) is 7.80. The quantitative estimate of drug-likeness (QED) is 0.358. The summed E-state index contributed by atoms with van der Waals surface area (Å²) < 4.78 is 28.7. The van der Waals surface area contributed by atoms with E-state index in [4.69, 9.17) is 5.26 Å². The average Bonchev–Trinajstić information content (AvgIpc) is 3.25. The van der Waals surface area contributed by atoms with Crippen LogP contribution in [0.15, 0.2) is 77.7 Å². The second kappa shape index (κ2) is 9.67. The van der Waals surface area contributed by atoms with Gasteiger partial charge in [0.2, 0.25) is 0 Å². The van der Waals surface area contributed by atoms with Crippen molar-refractivity contribution >= 4 is 48.7 Å². The maximum absolute atomic E-state index is 13.2. The third kappa shape index (κ3) is 4.81. The SMILES string of the molecule is CCN(c1ccc2sc(C(=O)Nc3ccc(CC#N)cc3)cc2c1)S(=O)(=O)c1ccc(C)cc1. The number of nitriles is 1. The topological polar surface area (TPSA) is 90.3 Å². The monoisotopic (exact) mass is 489 g/mol. The molecule has 1 amide bonds. The van der Waals surface area contributed by atoms with E-state index in [1.807, 2.05) is 25.1 Å². The third-order valence-electron chi connectivity index (χ3n) is 5.40. The number of hydrogen-bond donors (Lipinski definition) is 1. The lowest BCUT2D eigenvalue weighted by molar-refractivity contribution is 0.103. The fourth-order valence-corrected chi connectivity index (χ4v) is 6.02. The normalized spacial score (nSPS) is 11.2. The molecule has 4 rings (SSSR count). The Morgan fingerprint density at radius 3 is 2.38 bits per heavy atom. The molecule has 0 atom stereocenters. The standard InChI is InChI=1S/C26H23N3O3S2/c1-3-29(34(31,32)23-11-4-18(2)5-12-23)22-10-13-24-20(16-22)17-25(33-24)26(30)28-21-8-6-19(7-9-21)14-15-27/h4-13,16-17H,3,14H2,1-2H3,(H,28,30). The van der Waals surface area contributed by atoms with Crippen LogP contribution in [0.4, 0.5) is 11.4 Å². The molecule has 0 bridgehead atoms. The van der Waals surface area contributed by atoms with Crippen molar-refractivity contribution in [1.29, 1.82) is 5.26 Å². The minimum atomic E-state index is -3.71. The van der Waals surface area contributed by atoms with E-state index in [1.54, 1.807) is 61.5 Å². The Hall–Kier alpha value is -3.67. The van der Waals surface area contributed by atoms with E-state index in [0.717, 1.165) is 21.2 Å². The van der Waals surface area contributed by atoms with Gasteiger partial charge in [-0.25, -0.2) is 8.42 Å². The van der Waals surface area contributed by atoms with Gasteiger partial charge in [-0.15, -0.1) is 11.3 Å². The third-order valence-corrected chi connectivity index (χ3v) is 8.43. The van der Waals surface area contributed by atoms with Gasteiger partial charge in [0, 0.05) is 16.9 Å². The van der Waals surface area contributed by atoms with E-state index in [0.29, 0.717) is 22.7 Å². The summed E-state index contributed by atoms with van der Waals surface area (Å²) in [7, 11) is -3.71. The smallest absolute Gasteiger partial charge is 0.265 e. The van der Waals surface area contributed by atoms with Gasteiger partial charge in [-0.2, -0.15) is 5.26 Å². The lowest BCUT2D eigenvalue weighted by Gasteiger charge is -2.23. The summed E-state index contributed by atoms with van der Waals surface area (Å²) in [5.41, 5.74) is 3.07. The molecule has 0 aliphatic carbocycles. The first-order valence-corrected chi connectivity index (χ1v) is 13.0. The van der Waals surface area contributed by atoms with Crippen LogP contribution in [-0.4, -0.2) is 20.9 Å². The van der Waals surface area contributed by atoms with Crippen molar-refractivity contribution in [1.82, 2.24) is 0 Å². The van der Waals surface area contributed by atoms with Crippen LogP contribution in [0, 0.1) is 18.3 Å². The number of aryl methyl sites for hydroxylation is 1. The number of nitrogens with one attached hydrogen (secondary N) is 1.